The van der Waals surface area contributed by atoms with E-state index < -0.39 is 11.9 Å². The molecule has 0 atom stereocenters. The van der Waals surface area contributed by atoms with Crippen molar-refractivity contribution in [2.24, 2.45) is 0 Å². The molecule has 0 fully saturated rings. The topological polar surface area (TPSA) is 89.5 Å². The Balaban J connectivity index is 2.15. The highest BCUT2D eigenvalue weighted by atomic mass is 16.6. The van der Waals surface area contributed by atoms with Crippen LogP contribution in [0.5, 0.6) is 0 Å². The summed E-state index contributed by atoms with van der Waals surface area (Å²) in [5, 5.41) is 0. The lowest BCUT2D eigenvalue weighted by atomic mass is 10.1. The van der Waals surface area contributed by atoms with E-state index in [9.17, 15) is 9.59 Å². The summed E-state index contributed by atoms with van der Waals surface area (Å²) < 4.78 is 32.4. The van der Waals surface area contributed by atoms with Crippen LogP contribution >= 0.6 is 0 Å². The van der Waals surface area contributed by atoms with Crippen LogP contribution in [0.25, 0.3) is 0 Å². The Morgan fingerprint density at radius 1 is 0.500 bits per heavy atom. The minimum atomic E-state index is -0.592. The van der Waals surface area contributed by atoms with Crippen molar-refractivity contribution in [1.82, 2.24) is 0 Å². The van der Waals surface area contributed by atoms with Gasteiger partial charge in [0.1, 0.15) is 13.2 Å². The van der Waals surface area contributed by atoms with E-state index >= 15 is 0 Å². The molecular weight excluding hydrogens is 464 g/mol. The van der Waals surface area contributed by atoms with E-state index in [1.165, 1.54) is 38.5 Å². The second-order valence-corrected chi connectivity index (χ2v) is 8.39. The Labute approximate surface area is 216 Å². The molecular formula is C28H46O8. The highest BCUT2D eigenvalue weighted by Gasteiger charge is 2.18. The fourth-order valence-corrected chi connectivity index (χ4v) is 3.29. The maximum absolute atomic E-state index is 12.4. The molecule has 1 aromatic rings. The van der Waals surface area contributed by atoms with Gasteiger partial charge in [0.05, 0.1) is 50.8 Å². The van der Waals surface area contributed by atoms with Crippen LogP contribution in [0.3, 0.4) is 0 Å². The molecule has 0 amide bonds. The van der Waals surface area contributed by atoms with Crippen LogP contribution < -0.4 is 0 Å². The van der Waals surface area contributed by atoms with Crippen molar-refractivity contribution in [3.63, 3.8) is 0 Å². The van der Waals surface area contributed by atoms with E-state index in [1.807, 2.05) is 0 Å². The van der Waals surface area contributed by atoms with Gasteiger partial charge in [-0.05, 0) is 25.0 Å². The summed E-state index contributed by atoms with van der Waals surface area (Å²) >= 11 is 0. The summed E-state index contributed by atoms with van der Waals surface area (Å²) in [5.41, 5.74) is 0.325. The van der Waals surface area contributed by atoms with E-state index in [0.29, 0.717) is 26.4 Å². The van der Waals surface area contributed by atoms with E-state index in [1.54, 1.807) is 24.3 Å². The number of rotatable bonds is 24. The lowest BCUT2D eigenvalue weighted by Crippen LogP contribution is -2.18. The van der Waals surface area contributed by atoms with Gasteiger partial charge in [0.2, 0.25) is 0 Å². The molecule has 0 N–H and O–H groups in total. The minimum Gasteiger partial charge on any atom is -0.460 e. The third-order valence-electron chi connectivity index (χ3n) is 5.32. The Morgan fingerprint density at radius 3 is 1.25 bits per heavy atom. The largest absolute Gasteiger partial charge is 0.460 e. The molecule has 0 spiro atoms. The first-order chi connectivity index (χ1) is 17.7. The lowest BCUT2D eigenvalue weighted by Gasteiger charge is -2.10. The summed E-state index contributed by atoms with van der Waals surface area (Å²) in [7, 11) is 0. The predicted molar refractivity (Wildman–Crippen MR) is 139 cm³/mol. The zero-order valence-corrected chi connectivity index (χ0v) is 22.3. The fraction of sp³-hybridized carbons (Fsp3) is 0.714. The molecule has 0 saturated heterocycles. The van der Waals surface area contributed by atoms with Crippen LogP contribution in [0.15, 0.2) is 24.3 Å². The van der Waals surface area contributed by atoms with Gasteiger partial charge in [-0.15, -0.1) is 0 Å². The van der Waals surface area contributed by atoms with Crippen molar-refractivity contribution in [2.75, 3.05) is 66.1 Å². The number of esters is 2. The van der Waals surface area contributed by atoms with Gasteiger partial charge in [0.15, 0.2) is 0 Å². The number of benzene rings is 1. The second-order valence-electron chi connectivity index (χ2n) is 8.39. The van der Waals surface area contributed by atoms with E-state index in [-0.39, 0.29) is 37.6 Å². The first kappa shape index (κ1) is 32.0. The first-order valence-corrected chi connectivity index (χ1v) is 13.4. The molecule has 206 valence electrons. The average Bonchev–Trinajstić information content (AvgIpc) is 2.90. The van der Waals surface area contributed by atoms with Gasteiger partial charge in [-0.3, -0.25) is 0 Å². The van der Waals surface area contributed by atoms with Crippen molar-refractivity contribution < 1.29 is 38.0 Å². The number of carbonyl (C=O) groups excluding carboxylic acids is 2. The van der Waals surface area contributed by atoms with Gasteiger partial charge >= 0.3 is 11.9 Å². The number of hydrogen-bond acceptors (Lipinski definition) is 8. The molecule has 0 radical (unpaired) electrons. The smallest absolute Gasteiger partial charge is 0.339 e. The van der Waals surface area contributed by atoms with Crippen LogP contribution in [0.4, 0.5) is 0 Å². The van der Waals surface area contributed by atoms with E-state index in [4.69, 9.17) is 28.4 Å². The standard InChI is InChI=1S/C28H46O8/c1-3-5-7-11-15-31-17-19-33-21-23-35-27(29)25-13-9-10-14-26(25)28(30)36-24-22-34-20-18-32-16-12-8-6-4-2/h9-10,13-14H,3-8,11-12,15-24H2,1-2H3. The van der Waals surface area contributed by atoms with Crippen LogP contribution in [0.1, 0.15) is 85.9 Å². The highest BCUT2D eigenvalue weighted by molar-refractivity contribution is 6.03. The van der Waals surface area contributed by atoms with Crippen molar-refractivity contribution in [2.45, 2.75) is 65.2 Å². The van der Waals surface area contributed by atoms with Crippen LogP contribution in [-0.4, -0.2) is 78.0 Å². The van der Waals surface area contributed by atoms with Crippen molar-refractivity contribution in [3.05, 3.63) is 35.4 Å². The average molecular weight is 511 g/mol. The van der Waals surface area contributed by atoms with Gasteiger partial charge in [-0.2, -0.15) is 0 Å². The first-order valence-electron chi connectivity index (χ1n) is 13.4. The Morgan fingerprint density at radius 2 is 0.861 bits per heavy atom. The summed E-state index contributed by atoms with van der Waals surface area (Å²) in [6.45, 7) is 8.47. The number of carbonyl (C=O) groups is 2. The number of hydrogen-bond donors (Lipinski definition) is 0. The molecule has 0 aliphatic rings. The van der Waals surface area contributed by atoms with Crippen molar-refractivity contribution >= 4 is 11.9 Å². The predicted octanol–water partition coefficient (Wildman–Crippen LogP) is 5.23. The summed E-state index contributed by atoms with van der Waals surface area (Å²) in [4.78, 5) is 24.9. The molecule has 0 unspecified atom stereocenters. The summed E-state index contributed by atoms with van der Waals surface area (Å²) in [6, 6.07) is 6.43. The van der Waals surface area contributed by atoms with Gasteiger partial charge in [0, 0.05) is 13.2 Å². The fourth-order valence-electron chi connectivity index (χ4n) is 3.29. The van der Waals surface area contributed by atoms with Gasteiger partial charge in [0.25, 0.3) is 0 Å². The molecule has 8 nitrogen and oxygen atoms in total. The molecule has 0 aliphatic carbocycles. The van der Waals surface area contributed by atoms with Crippen LogP contribution in [0.2, 0.25) is 0 Å². The van der Waals surface area contributed by atoms with E-state index in [0.717, 1.165) is 26.1 Å². The zero-order chi connectivity index (χ0) is 26.1. The molecule has 1 aromatic carbocycles. The highest BCUT2D eigenvalue weighted by Crippen LogP contribution is 2.12. The maximum atomic E-state index is 12.4. The Bertz CT molecular complexity index is 622. The molecule has 36 heavy (non-hydrogen) atoms. The molecule has 1 rings (SSSR count). The Hall–Kier alpha value is -2.00. The van der Waals surface area contributed by atoms with Gasteiger partial charge in [-0.25, -0.2) is 9.59 Å². The third-order valence-corrected chi connectivity index (χ3v) is 5.32. The molecule has 0 aliphatic heterocycles. The second kappa shape index (κ2) is 23.4. The van der Waals surface area contributed by atoms with Crippen LogP contribution in [0, 0.1) is 0 Å². The van der Waals surface area contributed by atoms with Crippen molar-refractivity contribution in [1.29, 1.82) is 0 Å². The third kappa shape index (κ3) is 16.6. The zero-order valence-electron chi connectivity index (χ0n) is 22.3. The molecule has 0 aromatic heterocycles. The SMILES string of the molecule is CCCCCCOCCOCCOC(=O)c1ccccc1C(=O)OCCOCCOCCCCCC. The summed E-state index contributed by atoms with van der Waals surface area (Å²) in [5.74, 6) is -1.18. The number of ether oxygens (including phenoxy) is 6. The molecule has 0 heterocycles. The van der Waals surface area contributed by atoms with Crippen LogP contribution in [-0.2, 0) is 28.4 Å². The monoisotopic (exact) mass is 510 g/mol. The van der Waals surface area contributed by atoms with Gasteiger partial charge < -0.3 is 28.4 Å². The summed E-state index contributed by atoms with van der Waals surface area (Å²) in [6.07, 6.45) is 9.38. The Kier molecular flexibility index (Phi) is 20.8. The van der Waals surface area contributed by atoms with Crippen molar-refractivity contribution in [3.8, 4) is 0 Å². The van der Waals surface area contributed by atoms with Gasteiger partial charge in [-0.1, -0.05) is 64.5 Å². The quantitative estimate of drug-likeness (QED) is 0.138. The molecule has 0 bridgehead atoms. The minimum absolute atomic E-state index is 0.0905. The number of unbranched alkanes of at least 4 members (excludes halogenated alkanes) is 6. The normalized spacial score (nSPS) is 10.9. The lowest BCUT2D eigenvalue weighted by molar-refractivity contribution is 0.0119. The van der Waals surface area contributed by atoms with E-state index in [2.05, 4.69) is 13.8 Å². The molecule has 8 heteroatoms. The molecule has 0 saturated carbocycles. The maximum Gasteiger partial charge on any atom is 0.339 e.